The van der Waals surface area contributed by atoms with Gasteiger partial charge in [-0.1, -0.05) is 11.6 Å². The van der Waals surface area contributed by atoms with Crippen LogP contribution in [0.1, 0.15) is 10.5 Å². The van der Waals surface area contributed by atoms with Gasteiger partial charge in [-0.3, -0.25) is 4.79 Å². The molecule has 1 aromatic heterocycles. The van der Waals surface area contributed by atoms with Crippen LogP contribution in [0.25, 0.3) is 0 Å². The number of nitrogens with one attached hydrogen (secondary N) is 1. The monoisotopic (exact) mass is 273 g/mol. The summed E-state index contributed by atoms with van der Waals surface area (Å²) in [5, 5.41) is 2.91. The van der Waals surface area contributed by atoms with E-state index >= 15 is 0 Å². The highest BCUT2D eigenvalue weighted by atomic mass is 35.5. The first-order valence-electron chi connectivity index (χ1n) is 5.30. The number of nitrogen functional groups attached to an aromatic ring is 1. The van der Waals surface area contributed by atoms with Crippen LogP contribution in [0.3, 0.4) is 0 Å². The largest absolute Gasteiger partial charge is 0.384 e. The highest BCUT2D eigenvalue weighted by Gasteiger charge is 2.14. The van der Waals surface area contributed by atoms with E-state index in [0.29, 0.717) is 13.2 Å². The van der Waals surface area contributed by atoms with Crippen LogP contribution in [0.5, 0.6) is 0 Å². The van der Waals surface area contributed by atoms with Crippen LogP contribution in [0.2, 0.25) is 5.02 Å². The van der Waals surface area contributed by atoms with Crippen LogP contribution in [-0.2, 0) is 9.47 Å². The van der Waals surface area contributed by atoms with E-state index in [0.717, 1.165) is 0 Å². The number of amides is 1. The minimum Gasteiger partial charge on any atom is -0.384 e. The Kier molecular flexibility index (Phi) is 5.84. The number of halogens is 1. The van der Waals surface area contributed by atoms with E-state index in [1.165, 1.54) is 12.1 Å². The lowest BCUT2D eigenvalue weighted by Gasteiger charge is -2.15. The third-order valence-corrected chi connectivity index (χ3v) is 2.56. The standard InChI is InChI=1S/C11H16ClN3O3/c1-17-6-7(18-2)5-14-11(16)10-8(12)3-4-9(13)15-10/h3-4,7H,5-6H2,1-2H3,(H2,13,15)(H,14,16). The lowest BCUT2D eigenvalue weighted by molar-refractivity contribution is 0.0285. The number of nitrogens with zero attached hydrogens (tertiary/aromatic N) is 1. The maximum absolute atomic E-state index is 11.8. The molecule has 1 aromatic rings. The molecule has 0 saturated heterocycles. The second-order valence-corrected chi connectivity index (χ2v) is 4.00. The molecule has 1 atom stereocenters. The topological polar surface area (TPSA) is 86.5 Å². The molecule has 0 bridgehead atoms. The van der Waals surface area contributed by atoms with Crippen molar-refractivity contribution in [1.29, 1.82) is 0 Å². The molecule has 0 aromatic carbocycles. The van der Waals surface area contributed by atoms with Crippen molar-refractivity contribution in [3.63, 3.8) is 0 Å². The molecule has 0 spiro atoms. The van der Waals surface area contributed by atoms with Gasteiger partial charge in [-0.05, 0) is 12.1 Å². The Morgan fingerprint density at radius 2 is 2.28 bits per heavy atom. The molecule has 0 aliphatic carbocycles. The van der Waals surface area contributed by atoms with Gasteiger partial charge in [0, 0.05) is 20.8 Å². The zero-order valence-electron chi connectivity index (χ0n) is 10.3. The number of methoxy groups -OCH3 is 2. The second kappa shape index (κ2) is 7.15. The number of nitrogens with two attached hydrogens (primary N) is 1. The number of ether oxygens (including phenoxy) is 2. The summed E-state index contributed by atoms with van der Waals surface area (Å²) < 4.78 is 10.1. The maximum Gasteiger partial charge on any atom is 0.271 e. The third kappa shape index (κ3) is 4.14. The van der Waals surface area contributed by atoms with Crippen molar-refractivity contribution in [2.45, 2.75) is 6.10 Å². The van der Waals surface area contributed by atoms with Gasteiger partial charge in [0.1, 0.15) is 11.5 Å². The van der Waals surface area contributed by atoms with Gasteiger partial charge in [0.25, 0.3) is 5.91 Å². The van der Waals surface area contributed by atoms with E-state index in [1.807, 2.05) is 0 Å². The van der Waals surface area contributed by atoms with E-state index < -0.39 is 5.91 Å². The highest BCUT2D eigenvalue weighted by Crippen LogP contribution is 2.14. The number of anilines is 1. The molecule has 0 radical (unpaired) electrons. The molecule has 0 aliphatic rings. The minimum atomic E-state index is -0.398. The molecule has 0 saturated carbocycles. The number of carbonyl (C=O) groups excluding carboxylic acids is 1. The van der Waals surface area contributed by atoms with Crippen molar-refractivity contribution in [2.24, 2.45) is 0 Å². The van der Waals surface area contributed by atoms with Crippen LogP contribution in [0.15, 0.2) is 12.1 Å². The van der Waals surface area contributed by atoms with E-state index in [2.05, 4.69) is 10.3 Å². The number of aromatic nitrogens is 1. The van der Waals surface area contributed by atoms with Gasteiger partial charge in [0.15, 0.2) is 0 Å². The zero-order valence-corrected chi connectivity index (χ0v) is 11.0. The quantitative estimate of drug-likeness (QED) is 0.797. The molecule has 1 unspecified atom stereocenters. The summed E-state index contributed by atoms with van der Waals surface area (Å²) in [6, 6.07) is 3.06. The van der Waals surface area contributed by atoms with Crippen LogP contribution in [0.4, 0.5) is 5.82 Å². The molecule has 18 heavy (non-hydrogen) atoms. The lowest BCUT2D eigenvalue weighted by atomic mass is 10.3. The number of hydrogen-bond donors (Lipinski definition) is 2. The summed E-state index contributed by atoms with van der Waals surface area (Å²) in [7, 11) is 3.10. The normalized spacial score (nSPS) is 12.2. The molecule has 0 aliphatic heterocycles. The zero-order chi connectivity index (χ0) is 13.5. The van der Waals surface area contributed by atoms with Crippen molar-refractivity contribution in [3.8, 4) is 0 Å². The van der Waals surface area contributed by atoms with Crippen molar-refractivity contribution >= 4 is 23.3 Å². The average Bonchev–Trinajstić information content (AvgIpc) is 2.37. The predicted molar refractivity (Wildman–Crippen MR) is 68.7 cm³/mol. The first-order chi connectivity index (χ1) is 8.58. The summed E-state index contributed by atoms with van der Waals surface area (Å²) in [6.45, 7) is 0.685. The van der Waals surface area contributed by atoms with E-state index in [-0.39, 0.29) is 22.6 Å². The molecule has 1 heterocycles. The molecule has 100 valence electrons. The number of pyridine rings is 1. The molecule has 7 heteroatoms. The summed E-state index contributed by atoms with van der Waals surface area (Å²) in [5.74, 6) is -0.157. The summed E-state index contributed by atoms with van der Waals surface area (Å²) >= 11 is 5.87. The average molecular weight is 274 g/mol. The first-order valence-corrected chi connectivity index (χ1v) is 5.68. The van der Waals surface area contributed by atoms with E-state index in [4.69, 9.17) is 26.8 Å². The van der Waals surface area contributed by atoms with Crippen molar-refractivity contribution in [3.05, 3.63) is 22.8 Å². The summed E-state index contributed by atoms with van der Waals surface area (Å²) in [6.07, 6.45) is -0.223. The Labute approximate surface area is 110 Å². The van der Waals surface area contributed by atoms with Gasteiger partial charge in [-0.2, -0.15) is 0 Å². The smallest absolute Gasteiger partial charge is 0.271 e. The molecule has 6 nitrogen and oxygen atoms in total. The summed E-state index contributed by atoms with van der Waals surface area (Å²) in [5.41, 5.74) is 5.60. The summed E-state index contributed by atoms with van der Waals surface area (Å²) in [4.78, 5) is 15.7. The first kappa shape index (κ1) is 14.7. The van der Waals surface area contributed by atoms with Crippen molar-refractivity contribution < 1.29 is 14.3 Å². The number of carbonyl (C=O) groups is 1. The number of rotatable bonds is 6. The molecule has 1 rings (SSSR count). The fourth-order valence-corrected chi connectivity index (χ4v) is 1.49. The Hall–Kier alpha value is -1.37. The second-order valence-electron chi connectivity index (χ2n) is 3.59. The molecule has 0 fully saturated rings. The van der Waals surface area contributed by atoms with Crippen molar-refractivity contribution in [1.82, 2.24) is 10.3 Å². The molecule has 3 N–H and O–H groups in total. The Morgan fingerprint density at radius 1 is 1.56 bits per heavy atom. The molecule has 1 amide bonds. The van der Waals surface area contributed by atoms with Gasteiger partial charge in [0.05, 0.1) is 17.7 Å². The van der Waals surface area contributed by atoms with Crippen LogP contribution >= 0.6 is 11.6 Å². The Bertz CT molecular complexity index is 415. The van der Waals surface area contributed by atoms with Crippen LogP contribution < -0.4 is 11.1 Å². The number of hydrogen-bond acceptors (Lipinski definition) is 5. The van der Waals surface area contributed by atoms with Crippen LogP contribution in [-0.4, -0.2) is 44.4 Å². The Morgan fingerprint density at radius 3 is 2.89 bits per heavy atom. The van der Waals surface area contributed by atoms with Gasteiger partial charge < -0.3 is 20.5 Å². The SMILES string of the molecule is COCC(CNC(=O)c1nc(N)ccc1Cl)OC. The molecular formula is C11H16ClN3O3. The van der Waals surface area contributed by atoms with Crippen LogP contribution in [0, 0.1) is 0 Å². The van der Waals surface area contributed by atoms with Crippen molar-refractivity contribution in [2.75, 3.05) is 33.1 Å². The fourth-order valence-electron chi connectivity index (χ4n) is 1.30. The maximum atomic E-state index is 11.8. The van der Waals surface area contributed by atoms with E-state index in [1.54, 1.807) is 14.2 Å². The van der Waals surface area contributed by atoms with Gasteiger partial charge >= 0.3 is 0 Å². The van der Waals surface area contributed by atoms with Gasteiger partial charge in [-0.25, -0.2) is 4.98 Å². The van der Waals surface area contributed by atoms with E-state index in [9.17, 15) is 4.79 Å². The highest BCUT2D eigenvalue weighted by molar-refractivity contribution is 6.33. The molecular weight excluding hydrogens is 258 g/mol. The van der Waals surface area contributed by atoms with Gasteiger partial charge in [-0.15, -0.1) is 0 Å². The minimum absolute atomic E-state index is 0.101. The lowest BCUT2D eigenvalue weighted by Crippen LogP contribution is -2.36. The predicted octanol–water partition coefficient (Wildman–Crippen LogP) is 0.708. The van der Waals surface area contributed by atoms with Gasteiger partial charge in [0.2, 0.25) is 0 Å². The third-order valence-electron chi connectivity index (χ3n) is 2.26. The Balaban J connectivity index is 2.62. The fraction of sp³-hybridized carbons (Fsp3) is 0.455.